The van der Waals surface area contributed by atoms with Gasteiger partial charge in [-0.15, -0.1) is 0 Å². The highest BCUT2D eigenvalue weighted by Gasteiger charge is 2.13. The molecule has 0 bridgehead atoms. The lowest BCUT2D eigenvalue weighted by Crippen LogP contribution is -2.26. The number of nitrogens with zero attached hydrogens (tertiary/aromatic N) is 3. The molecule has 0 atom stereocenters. The van der Waals surface area contributed by atoms with Crippen molar-refractivity contribution in [3.63, 3.8) is 0 Å². The normalized spacial score (nSPS) is 11.1. The molecular weight excluding hydrogens is 326 g/mol. The van der Waals surface area contributed by atoms with E-state index in [1.54, 1.807) is 12.4 Å². The molecular formula is C18H18ClN3O2. The van der Waals surface area contributed by atoms with Crippen molar-refractivity contribution in [2.75, 3.05) is 13.2 Å². The Kier molecular flexibility index (Phi) is 5.59. The van der Waals surface area contributed by atoms with E-state index in [1.807, 2.05) is 42.6 Å². The first-order valence-electron chi connectivity index (χ1n) is 7.68. The Morgan fingerprint density at radius 1 is 1.08 bits per heavy atom. The molecule has 2 heterocycles. The van der Waals surface area contributed by atoms with Crippen LogP contribution in [0.25, 0.3) is 11.3 Å². The van der Waals surface area contributed by atoms with Gasteiger partial charge in [-0.3, -0.25) is 9.88 Å². The second-order valence-electron chi connectivity index (χ2n) is 5.39. The van der Waals surface area contributed by atoms with Gasteiger partial charge in [-0.05, 0) is 23.8 Å². The minimum Gasteiger partial charge on any atom is -0.439 e. The molecule has 0 amide bonds. The average Bonchev–Trinajstić information content (AvgIpc) is 3.05. The predicted octanol–water partition coefficient (Wildman–Crippen LogP) is 3.38. The average molecular weight is 344 g/mol. The predicted molar refractivity (Wildman–Crippen MR) is 92.4 cm³/mol. The van der Waals surface area contributed by atoms with Gasteiger partial charge in [-0.25, -0.2) is 4.98 Å². The number of oxazole rings is 1. The number of hydrogen-bond acceptors (Lipinski definition) is 5. The number of aliphatic hydroxyl groups is 1. The lowest BCUT2D eigenvalue weighted by atomic mass is 10.2. The Hall–Kier alpha value is -2.21. The van der Waals surface area contributed by atoms with Gasteiger partial charge in [0, 0.05) is 31.0 Å². The zero-order valence-electron chi connectivity index (χ0n) is 13.1. The van der Waals surface area contributed by atoms with Gasteiger partial charge in [0.2, 0.25) is 5.89 Å². The van der Waals surface area contributed by atoms with Crippen LogP contribution in [0.1, 0.15) is 11.5 Å². The van der Waals surface area contributed by atoms with Gasteiger partial charge in [0.15, 0.2) is 5.76 Å². The van der Waals surface area contributed by atoms with Gasteiger partial charge in [-0.2, -0.15) is 0 Å². The van der Waals surface area contributed by atoms with E-state index < -0.39 is 0 Å². The molecule has 1 aromatic carbocycles. The smallest absolute Gasteiger partial charge is 0.209 e. The molecule has 124 valence electrons. The van der Waals surface area contributed by atoms with Gasteiger partial charge < -0.3 is 9.52 Å². The number of halogens is 1. The van der Waals surface area contributed by atoms with Crippen LogP contribution in [-0.2, 0) is 13.1 Å². The first kappa shape index (κ1) is 16.6. The third kappa shape index (κ3) is 4.20. The fourth-order valence-corrected chi connectivity index (χ4v) is 2.69. The molecule has 0 radical (unpaired) electrons. The molecule has 0 aliphatic rings. The Morgan fingerprint density at radius 3 is 2.71 bits per heavy atom. The Labute approximate surface area is 145 Å². The lowest BCUT2D eigenvalue weighted by molar-refractivity contribution is 0.172. The van der Waals surface area contributed by atoms with E-state index in [2.05, 4.69) is 14.9 Å². The highest BCUT2D eigenvalue weighted by atomic mass is 35.5. The van der Waals surface area contributed by atoms with Crippen molar-refractivity contribution >= 4 is 11.6 Å². The Balaban J connectivity index is 1.73. The number of hydrogen-bond donors (Lipinski definition) is 1. The number of benzene rings is 1. The number of pyridine rings is 1. The maximum atomic E-state index is 9.29. The van der Waals surface area contributed by atoms with Gasteiger partial charge in [0.25, 0.3) is 0 Å². The molecule has 0 aliphatic carbocycles. The molecule has 24 heavy (non-hydrogen) atoms. The van der Waals surface area contributed by atoms with Crippen LogP contribution in [0.4, 0.5) is 0 Å². The molecule has 0 aliphatic heterocycles. The molecule has 6 heteroatoms. The monoisotopic (exact) mass is 343 g/mol. The Bertz CT molecular complexity index is 777. The summed E-state index contributed by atoms with van der Waals surface area (Å²) in [5, 5.41) is 9.91. The summed E-state index contributed by atoms with van der Waals surface area (Å²) in [7, 11) is 0. The molecule has 5 nitrogen and oxygen atoms in total. The van der Waals surface area contributed by atoms with Crippen LogP contribution in [-0.4, -0.2) is 33.1 Å². The van der Waals surface area contributed by atoms with Crippen molar-refractivity contribution in [1.82, 2.24) is 14.9 Å². The second kappa shape index (κ2) is 8.06. The third-order valence-electron chi connectivity index (χ3n) is 3.60. The fraction of sp³-hybridized carbons (Fsp3) is 0.222. The molecule has 3 aromatic rings. The molecule has 0 unspecified atom stereocenters. The van der Waals surface area contributed by atoms with Crippen molar-refractivity contribution in [2.45, 2.75) is 13.1 Å². The maximum absolute atomic E-state index is 9.29. The SMILES string of the molecule is OCCN(Cc1cccnc1)Cc1ncc(-c2ccccc2Cl)o1. The standard InChI is InChI=1S/C18H18ClN3O2/c19-16-6-2-1-5-15(16)17-11-21-18(24-17)13-22(8-9-23)12-14-4-3-7-20-10-14/h1-7,10-11,23H,8-9,12-13H2. The summed E-state index contributed by atoms with van der Waals surface area (Å²) in [4.78, 5) is 10.5. The summed E-state index contributed by atoms with van der Waals surface area (Å²) in [6.45, 7) is 1.76. The van der Waals surface area contributed by atoms with Crippen molar-refractivity contribution in [1.29, 1.82) is 0 Å². The quantitative estimate of drug-likeness (QED) is 0.712. The largest absolute Gasteiger partial charge is 0.439 e. The van der Waals surface area contributed by atoms with Gasteiger partial charge in [-0.1, -0.05) is 29.8 Å². The minimum atomic E-state index is 0.0678. The first-order chi connectivity index (χ1) is 11.8. The van der Waals surface area contributed by atoms with E-state index in [4.69, 9.17) is 16.0 Å². The van der Waals surface area contributed by atoms with E-state index >= 15 is 0 Å². The Morgan fingerprint density at radius 2 is 1.96 bits per heavy atom. The van der Waals surface area contributed by atoms with Crippen LogP contribution in [0.15, 0.2) is 59.4 Å². The molecule has 0 fully saturated rings. The zero-order chi connectivity index (χ0) is 16.8. The highest BCUT2D eigenvalue weighted by molar-refractivity contribution is 6.33. The van der Waals surface area contributed by atoms with Crippen molar-refractivity contribution in [3.05, 3.63) is 71.5 Å². The van der Waals surface area contributed by atoms with Crippen LogP contribution in [0.3, 0.4) is 0 Å². The number of aromatic nitrogens is 2. The lowest BCUT2D eigenvalue weighted by Gasteiger charge is -2.19. The maximum Gasteiger partial charge on any atom is 0.209 e. The van der Waals surface area contributed by atoms with E-state index in [0.29, 0.717) is 36.3 Å². The second-order valence-corrected chi connectivity index (χ2v) is 5.80. The van der Waals surface area contributed by atoms with Crippen LogP contribution >= 0.6 is 11.6 Å². The highest BCUT2D eigenvalue weighted by Crippen LogP contribution is 2.28. The van der Waals surface area contributed by atoms with E-state index in [9.17, 15) is 5.11 Å². The number of rotatable bonds is 7. The summed E-state index contributed by atoms with van der Waals surface area (Å²) >= 11 is 6.19. The summed E-state index contributed by atoms with van der Waals surface area (Å²) in [6.07, 6.45) is 5.23. The zero-order valence-corrected chi connectivity index (χ0v) is 13.9. The third-order valence-corrected chi connectivity index (χ3v) is 3.93. The summed E-state index contributed by atoms with van der Waals surface area (Å²) in [5.41, 5.74) is 1.89. The van der Waals surface area contributed by atoms with Crippen LogP contribution in [0, 0.1) is 0 Å². The number of aliphatic hydroxyl groups excluding tert-OH is 1. The minimum absolute atomic E-state index is 0.0678. The van der Waals surface area contributed by atoms with Crippen LogP contribution in [0.5, 0.6) is 0 Å². The van der Waals surface area contributed by atoms with Crippen molar-refractivity contribution in [2.24, 2.45) is 0 Å². The molecule has 3 rings (SSSR count). The van der Waals surface area contributed by atoms with Gasteiger partial charge in [0.1, 0.15) is 0 Å². The molecule has 0 spiro atoms. The fourth-order valence-electron chi connectivity index (χ4n) is 2.47. The van der Waals surface area contributed by atoms with Crippen molar-refractivity contribution in [3.8, 4) is 11.3 Å². The van der Waals surface area contributed by atoms with E-state index in [-0.39, 0.29) is 6.61 Å². The van der Waals surface area contributed by atoms with Gasteiger partial charge in [0.05, 0.1) is 24.4 Å². The summed E-state index contributed by atoms with van der Waals surface area (Å²) in [6, 6.07) is 11.4. The van der Waals surface area contributed by atoms with E-state index in [1.165, 1.54) is 0 Å². The molecule has 1 N–H and O–H groups in total. The van der Waals surface area contributed by atoms with Crippen molar-refractivity contribution < 1.29 is 9.52 Å². The molecule has 0 saturated heterocycles. The topological polar surface area (TPSA) is 62.4 Å². The summed E-state index contributed by atoms with van der Waals surface area (Å²) < 4.78 is 5.83. The summed E-state index contributed by atoms with van der Waals surface area (Å²) in [5.74, 6) is 1.23. The van der Waals surface area contributed by atoms with Crippen LogP contribution in [0.2, 0.25) is 5.02 Å². The van der Waals surface area contributed by atoms with Crippen LogP contribution < -0.4 is 0 Å². The molecule has 0 saturated carbocycles. The van der Waals surface area contributed by atoms with Gasteiger partial charge >= 0.3 is 0 Å². The first-order valence-corrected chi connectivity index (χ1v) is 8.06. The van der Waals surface area contributed by atoms with E-state index in [0.717, 1.165) is 11.1 Å². The molecule has 2 aromatic heterocycles.